The monoisotopic (exact) mass is 251 g/mol. The molecule has 0 bridgehead atoms. The molecular formula is C16H17N3. The summed E-state index contributed by atoms with van der Waals surface area (Å²) in [4.78, 5) is 4.73. The van der Waals surface area contributed by atoms with Gasteiger partial charge >= 0.3 is 0 Å². The SMILES string of the molecule is Cc1ccc(-c2nc3cc(CN)ccc3n2C)cc1. The summed E-state index contributed by atoms with van der Waals surface area (Å²) < 4.78 is 2.13. The van der Waals surface area contributed by atoms with Crippen LogP contribution in [0.2, 0.25) is 0 Å². The molecule has 0 fully saturated rings. The van der Waals surface area contributed by atoms with Crippen molar-refractivity contribution in [1.82, 2.24) is 9.55 Å². The van der Waals surface area contributed by atoms with Crippen LogP contribution >= 0.6 is 0 Å². The number of aryl methyl sites for hydroxylation is 2. The summed E-state index contributed by atoms with van der Waals surface area (Å²) in [5, 5.41) is 0. The Morgan fingerprint density at radius 2 is 1.84 bits per heavy atom. The van der Waals surface area contributed by atoms with Crippen molar-refractivity contribution >= 4 is 11.0 Å². The molecule has 0 saturated carbocycles. The number of hydrogen-bond acceptors (Lipinski definition) is 2. The summed E-state index contributed by atoms with van der Waals surface area (Å²) in [5.41, 5.74) is 11.3. The molecule has 0 spiro atoms. The van der Waals surface area contributed by atoms with Crippen LogP contribution in [-0.2, 0) is 13.6 Å². The maximum absolute atomic E-state index is 5.68. The van der Waals surface area contributed by atoms with Crippen molar-refractivity contribution in [3.63, 3.8) is 0 Å². The fourth-order valence-electron chi connectivity index (χ4n) is 2.33. The third-order valence-electron chi connectivity index (χ3n) is 3.49. The van der Waals surface area contributed by atoms with Gasteiger partial charge in [0, 0.05) is 19.2 Å². The summed E-state index contributed by atoms with van der Waals surface area (Å²) in [6, 6.07) is 14.7. The number of nitrogens with two attached hydrogens (primary N) is 1. The normalized spacial score (nSPS) is 11.1. The zero-order chi connectivity index (χ0) is 13.4. The molecule has 0 amide bonds. The molecule has 0 aliphatic heterocycles. The average molecular weight is 251 g/mol. The number of aromatic nitrogens is 2. The quantitative estimate of drug-likeness (QED) is 0.761. The minimum Gasteiger partial charge on any atom is -0.327 e. The van der Waals surface area contributed by atoms with E-state index in [1.165, 1.54) is 5.56 Å². The van der Waals surface area contributed by atoms with Gasteiger partial charge in [0.05, 0.1) is 11.0 Å². The van der Waals surface area contributed by atoms with Gasteiger partial charge in [-0.15, -0.1) is 0 Å². The number of imidazole rings is 1. The predicted octanol–water partition coefficient (Wildman–Crippen LogP) is 3.01. The zero-order valence-corrected chi connectivity index (χ0v) is 11.2. The van der Waals surface area contributed by atoms with E-state index in [1.54, 1.807) is 0 Å². The first kappa shape index (κ1) is 11.9. The molecule has 0 atom stereocenters. The van der Waals surface area contributed by atoms with E-state index in [0.29, 0.717) is 6.54 Å². The van der Waals surface area contributed by atoms with E-state index in [4.69, 9.17) is 10.7 Å². The topological polar surface area (TPSA) is 43.8 Å². The molecule has 0 radical (unpaired) electrons. The number of rotatable bonds is 2. The number of hydrogen-bond donors (Lipinski definition) is 1. The molecule has 19 heavy (non-hydrogen) atoms. The number of fused-ring (bicyclic) bond motifs is 1. The van der Waals surface area contributed by atoms with Crippen LogP contribution in [0.5, 0.6) is 0 Å². The minimum absolute atomic E-state index is 0.548. The van der Waals surface area contributed by atoms with Crippen molar-refractivity contribution in [3.8, 4) is 11.4 Å². The van der Waals surface area contributed by atoms with Crippen molar-refractivity contribution in [2.24, 2.45) is 12.8 Å². The Morgan fingerprint density at radius 3 is 2.53 bits per heavy atom. The summed E-state index contributed by atoms with van der Waals surface area (Å²) in [6.45, 7) is 2.64. The molecule has 0 aliphatic rings. The van der Waals surface area contributed by atoms with E-state index in [0.717, 1.165) is 28.0 Å². The summed E-state index contributed by atoms with van der Waals surface area (Å²) in [7, 11) is 2.05. The van der Waals surface area contributed by atoms with Crippen molar-refractivity contribution in [2.45, 2.75) is 13.5 Å². The largest absolute Gasteiger partial charge is 0.327 e. The second-order valence-electron chi connectivity index (χ2n) is 4.89. The first-order chi connectivity index (χ1) is 9.19. The lowest BCUT2D eigenvalue weighted by Crippen LogP contribution is -1.95. The third-order valence-corrected chi connectivity index (χ3v) is 3.49. The minimum atomic E-state index is 0.548. The lowest BCUT2D eigenvalue weighted by Gasteiger charge is -2.03. The Kier molecular flexibility index (Phi) is 2.84. The van der Waals surface area contributed by atoms with Crippen molar-refractivity contribution < 1.29 is 0 Å². The zero-order valence-electron chi connectivity index (χ0n) is 11.2. The van der Waals surface area contributed by atoms with Gasteiger partial charge in [-0.1, -0.05) is 35.9 Å². The fourth-order valence-corrected chi connectivity index (χ4v) is 2.33. The summed E-state index contributed by atoms with van der Waals surface area (Å²) >= 11 is 0. The standard InChI is InChI=1S/C16H17N3/c1-11-3-6-13(7-4-11)16-18-14-9-12(10-17)5-8-15(14)19(16)2/h3-9H,10,17H2,1-2H3. The van der Waals surface area contributed by atoms with Gasteiger partial charge in [-0.05, 0) is 24.6 Å². The lowest BCUT2D eigenvalue weighted by molar-refractivity contribution is 0.959. The second kappa shape index (κ2) is 4.52. The molecule has 2 N–H and O–H groups in total. The van der Waals surface area contributed by atoms with Gasteiger partial charge < -0.3 is 10.3 Å². The molecule has 3 nitrogen and oxygen atoms in total. The van der Waals surface area contributed by atoms with Crippen LogP contribution in [0.15, 0.2) is 42.5 Å². The van der Waals surface area contributed by atoms with Gasteiger partial charge in [-0.2, -0.15) is 0 Å². The molecule has 0 aliphatic carbocycles. The van der Waals surface area contributed by atoms with E-state index in [9.17, 15) is 0 Å². The summed E-state index contributed by atoms with van der Waals surface area (Å²) in [6.07, 6.45) is 0. The van der Waals surface area contributed by atoms with E-state index in [2.05, 4.69) is 54.0 Å². The highest BCUT2D eigenvalue weighted by Crippen LogP contribution is 2.24. The maximum Gasteiger partial charge on any atom is 0.140 e. The molecule has 96 valence electrons. The lowest BCUT2D eigenvalue weighted by atomic mass is 10.1. The molecule has 1 heterocycles. The third kappa shape index (κ3) is 2.02. The Bertz CT molecular complexity index is 724. The van der Waals surface area contributed by atoms with Crippen LogP contribution in [0.1, 0.15) is 11.1 Å². The molecule has 0 unspecified atom stereocenters. The van der Waals surface area contributed by atoms with Crippen LogP contribution in [0.3, 0.4) is 0 Å². The van der Waals surface area contributed by atoms with Gasteiger partial charge in [0.2, 0.25) is 0 Å². The molecule has 3 rings (SSSR count). The second-order valence-corrected chi connectivity index (χ2v) is 4.89. The Hall–Kier alpha value is -2.13. The van der Waals surface area contributed by atoms with Gasteiger partial charge in [0.1, 0.15) is 5.82 Å². The number of nitrogens with zero attached hydrogens (tertiary/aromatic N) is 2. The molecule has 1 aromatic heterocycles. The molecule has 2 aromatic carbocycles. The van der Waals surface area contributed by atoms with Crippen LogP contribution < -0.4 is 5.73 Å². The highest BCUT2D eigenvalue weighted by molar-refractivity contribution is 5.81. The van der Waals surface area contributed by atoms with Gasteiger partial charge in [0.15, 0.2) is 0 Å². The predicted molar refractivity (Wildman–Crippen MR) is 78.8 cm³/mol. The van der Waals surface area contributed by atoms with Gasteiger partial charge in [-0.3, -0.25) is 0 Å². The molecular weight excluding hydrogens is 234 g/mol. The van der Waals surface area contributed by atoms with Gasteiger partial charge in [0.25, 0.3) is 0 Å². The fraction of sp³-hybridized carbons (Fsp3) is 0.188. The van der Waals surface area contributed by atoms with Gasteiger partial charge in [-0.25, -0.2) is 4.98 Å². The van der Waals surface area contributed by atoms with Crippen LogP contribution in [0, 0.1) is 6.92 Å². The van der Waals surface area contributed by atoms with E-state index >= 15 is 0 Å². The van der Waals surface area contributed by atoms with E-state index < -0.39 is 0 Å². The average Bonchev–Trinajstić information content (AvgIpc) is 2.76. The Morgan fingerprint density at radius 1 is 1.11 bits per heavy atom. The molecule has 3 aromatic rings. The highest BCUT2D eigenvalue weighted by atomic mass is 15.1. The van der Waals surface area contributed by atoms with E-state index in [1.807, 2.05) is 7.05 Å². The van der Waals surface area contributed by atoms with Crippen LogP contribution in [0.25, 0.3) is 22.4 Å². The highest BCUT2D eigenvalue weighted by Gasteiger charge is 2.09. The first-order valence-corrected chi connectivity index (χ1v) is 6.41. The first-order valence-electron chi connectivity index (χ1n) is 6.41. The summed E-state index contributed by atoms with van der Waals surface area (Å²) in [5.74, 6) is 0.990. The van der Waals surface area contributed by atoms with Crippen molar-refractivity contribution in [1.29, 1.82) is 0 Å². The van der Waals surface area contributed by atoms with Crippen molar-refractivity contribution in [2.75, 3.05) is 0 Å². The van der Waals surface area contributed by atoms with Crippen LogP contribution in [-0.4, -0.2) is 9.55 Å². The smallest absolute Gasteiger partial charge is 0.140 e. The molecule has 0 saturated heterocycles. The Balaban J connectivity index is 2.19. The van der Waals surface area contributed by atoms with Crippen molar-refractivity contribution in [3.05, 3.63) is 53.6 Å². The van der Waals surface area contributed by atoms with Crippen LogP contribution in [0.4, 0.5) is 0 Å². The number of benzene rings is 2. The van der Waals surface area contributed by atoms with E-state index in [-0.39, 0.29) is 0 Å². The maximum atomic E-state index is 5.68. The Labute approximate surface area is 112 Å². The molecule has 3 heteroatoms.